The van der Waals surface area contributed by atoms with Crippen LogP contribution in [0.4, 0.5) is 0 Å². The molecule has 6 heteroatoms. The van der Waals surface area contributed by atoms with Gasteiger partial charge < -0.3 is 13.9 Å². The molecule has 3 aromatic rings. The van der Waals surface area contributed by atoms with E-state index in [0.29, 0.717) is 16.5 Å². The molecular weight excluding hydrogens is 324 g/mol. The lowest BCUT2D eigenvalue weighted by Gasteiger charge is -2.09. The summed E-state index contributed by atoms with van der Waals surface area (Å²) in [6, 6.07) is 13.5. The van der Waals surface area contributed by atoms with E-state index in [1.165, 1.54) is 19.9 Å². The summed E-state index contributed by atoms with van der Waals surface area (Å²) >= 11 is 0. The zero-order valence-electron chi connectivity index (χ0n) is 13.6. The van der Waals surface area contributed by atoms with Gasteiger partial charge in [0.1, 0.15) is 5.75 Å². The van der Waals surface area contributed by atoms with Crippen molar-refractivity contribution in [2.75, 3.05) is 0 Å². The molecule has 6 nitrogen and oxygen atoms in total. The molecule has 25 heavy (non-hydrogen) atoms. The summed E-state index contributed by atoms with van der Waals surface area (Å²) in [5.74, 6) is -0.910. The molecule has 0 saturated heterocycles. The Kier molecular flexibility index (Phi) is 4.35. The van der Waals surface area contributed by atoms with Gasteiger partial charge in [0.2, 0.25) is 0 Å². The normalized spacial score (nSPS) is 10.5. The van der Waals surface area contributed by atoms with Crippen molar-refractivity contribution in [2.45, 2.75) is 13.8 Å². The number of rotatable bonds is 3. The summed E-state index contributed by atoms with van der Waals surface area (Å²) in [4.78, 5) is 34.9. The summed E-state index contributed by atoms with van der Waals surface area (Å²) in [5, 5.41) is 0.466. The number of ether oxygens (including phenoxy) is 2. The SMILES string of the molecule is CC(=O)Oc1cc(OC(C)=O)c2oc(=O)c(-c3ccccc3)cc2c1. The molecule has 0 amide bonds. The number of esters is 2. The van der Waals surface area contributed by atoms with Crippen LogP contribution in [0, 0.1) is 0 Å². The van der Waals surface area contributed by atoms with Crippen molar-refractivity contribution in [3.63, 3.8) is 0 Å². The van der Waals surface area contributed by atoms with Crippen LogP contribution in [-0.4, -0.2) is 11.9 Å². The molecule has 2 aromatic carbocycles. The standard InChI is InChI=1S/C19H14O6/c1-11(20)23-15-8-14-9-16(13-6-4-3-5-7-13)19(22)25-18(14)17(10-15)24-12(2)21/h3-10H,1-2H3. The van der Waals surface area contributed by atoms with E-state index in [2.05, 4.69) is 0 Å². The molecule has 0 aliphatic carbocycles. The quantitative estimate of drug-likeness (QED) is 0.414. The van der Waals surface area contributed by atoms with E-state index in [1.807, 2.05) is 6.07 Å². The summed E-state index contributed by atoms with van der Waals surface area (Å²) in [6.07, 6.45) is 0. The third-order valence-electron chi connectivity index (χ3n) is 3.37. The predicted octanol–water partition coefficient (Wildman–Crippen LogP) is 3.31. The molecule has 0 aliphatic heterocycles. The van der Waals surface area contributed by atoms with Crippen LogP contribution in [0.25, 0.3) is 22.1 Å². The average molecular weight is 338 g/mol. The minimum absolute atomic E-state index is 0.0120. The van der Waals surface area contributed by atoms with Crippen LogP contribution < -0.4 is 15.1 Å². The molecule has 0 fully saturated rings. The summed E-state index contributed by atoms with van der Waals surface area (Å²) < 4.78 is 15.5. The topological polar surface area (TPSA) is 82.8 Å². The summed E-state index contributed by atoms with van der Waals surface area (Å²) in [6.45, 7) is 2.48. The van der Waals surface area contributed by atoms with Gasteiger partial charge in [-0.25, -0.2) is 4.79 Å². The van der Waals surface area contributed by atoms with Crippen LogP contribution in [0.5, 0.6) is 11.5 Å². The second-order valence-corrected chi connectivity index (χ2v) is 5.34. The summed E-state index contributed by atoms with van der Waals surface area (Å²) in [5.41, 5.74) is 0.579. The molecule has 1 aromatic heterocycles. The van der Waals surface area contributed by atoms with Crippen molar-refractivity contribution in [3.05, 3.63) is 59.0 Å². The van der Waals surface area contributed by atoms with Crippen LogP contribution in [0.2, 0.25) is 0 Å². The summed E-state index contributed by atoms with van der Waals surface area (Å²) in [7, 11) is 0. The van der Waals surface area contributed by atoms with E-state index in [0.717, 1.165) is 0 Å². The highest BCUT2D eigenvalue weighted by atomic mass is 16.5. The Hall–Kier alpha value is -3.41. The van der Waals surface area contributed by atoms with E-state index in [4.69, 9.17) is 13.9 Å². The van der Waals surface area contributed by atoms with Crippen molar-refractivity contribution in [1.82, 2.24) is 0 Å². The van der Waals surface area contributed by atoms with Crippen molar-refractivity contribution in [3.8, 4) is 22.6 Å². The first-order chi connectivity index (χ1) is 11.9. The first-order valence-electron chi connectivity index (χ1n) is 7.48. The van der Waals surface area contributed by atoms with Crippen LogP contribution in [-0.2, 0) is 9.59 Å². The van der Waals surface area contributed by atoms with Crippen LogP contribution in [0.1, 0.15) is 13.8 Å². The molecule has 0 radical (unpaired) electrons. The lowest BCUT2D eigenvalue weighted by atomic mass is 10.1. The van der Waals surface area contributed by atoms with Gasteiger partial charge >= 0.3 is 17.6 Å². The zero-order valence-corrected chi connectivity index (χ0v) is 13.6. The maximum Gasteiger partial charge on any atom is 0.344 e. The molecule has 0 unspecified atom stereocenters. The number of hydrogen-bond donors (Lipinski definition) is 0. The molecule has 126 valence electrons. The Bertz CT molecular complexity index is 1020. The van der Waals surface area contributed by atoms with E-state index < -0.39 is 17.6 Å². The highest BCUT2D eigenvalue weighted by Gasteiger charge is 2.15. The second-order valence-electron chi connectivity index (χ2n) is 5.34. The van der Waals surface area contributed by atoms with Gasteiger partial charge in [-0.15, -0.1) is 0 Å². The molecule has 0 bridgehead atoms. The van der Waals surface area contributed by atoms with Crippen LogP contribution >= 0.6 is 0 Å². The monoisotopic (exact) mass is 338 g/mol. The molecule has 1 heterocycles. The van der Waals surface area contributed by atoms with Crippen molar-refractivity contribution in [1.29, 1.82) is 0 Å². The second kappa shape index (κ2) is 6.60. The fraction of sp³-hybridized carbons (Fsp3) is 0.105. The first-order valence-corrected chi connectivity index (χ1v) is 7.48. The zero-order chi connectivity index (χ0) is 18.0. The van der Waals surface area contributed by atoms with Crippen molar-refractivity contribution in [2.24, 2.45) is 0 Å². The Balaban J connectivity index is 2.25. The van der Waals surface area contributed by atoms with E-state index in [9.17, 15) is 14.4 Å². The Morgan fingerprint density at radius 1 is 0.920 bits per heavy atom. The Morgan fingerprint density at radius 3 is 2.24 bits per heavy atom. The molecule has 0 N–H and O–H groups in total. The van der Waals surface area contributed by atoms with Crippen LogP contribution in [0.3, 0.4) is 0 Å². The maximum absolute atomic E-state index is 12.3. The third kappa shape index (κ3) is 3.58. The molecule has 0 saturated carbocycles. The number of hydrogen-bond acceptors (Lipinski definition) is 6. The first kappa shape index (κ1) is 16.4. The molecule has 3 rings (SSSR count). The minimum Gasteiger partial charge on any atom is -0.427 e. The third-order valence-corrected chi connectivity index (χ3v) is 3.37. The Morgan fingerprint density at radius 2 is 1.60 bits per heavy atom. The number of carbonyl (C=O) groups excluding carboxylic acids is 2. The number of fused-ring (bicyclic) bond motifs is 1. The van der Waals surface area contributed by atoms with Gasteiger partial charge in [0.05, 0.1) is 5.56 Å². The van der Waals surface area contributed by atoms with Crippen molar-refractivity contribution >= 4 is 22.9 Å². The average Bonchev–Trinajstić information content (AvgIpc) is 2.55. The minimum atomic E-state index is -0.587. The lowest BCUT2D eigenvalue weighted by Crippen LogP contribution is -2.07. The van der Waals surface area contributed by atoms with E-state index >= 15 is 0 Å². The highest BCUT2D eigenvalue weighted by molar-refractivity contribution is 5.90. The largest absolute Gasteiger partial charge is 0.427 e. The van der Waals surface area contributed by atoms with E-state index in [-0.39, 0.29) is 17.1 Å². The van der Waals surface area contributed by atoms with Gasteiger partial charge in [0, 0.05) is 25.3 Å². The van der Waals surface area contributed by atoms with Gasteiger partial charge in [-0.1, -0.05) is 30.3 Å². The molecule has 0 atom stereocenters. The molecular formula is C19H14O6. The molecule has 0 aliphatic rings. The van der Waals surface area contributed by atoms with Crippen molar-refractivity contribution < 1.29 is 23.5 Å². The number of benzene rings is 2. The van der Waals surface area contributed by atoms with Gasteiger partial charge in [-0.3, -0.25) is 9.59 Å². The number of carbonyl (C=O) groups is 2. The smallest absolute Gasteiger partial charge is 0.344 e. The van der Waals surface area contributed by atoms with Gasteiger partial charge in [-0.05, 0) is 17.7 Å². The van der Waals surface area contributed by atoms with Gasteiger partial charge in [0.25, 0.3) is 0 Å². The van der Waals surface area contributed by atoms with E-state index in [1.54, 1.807) is 36.4 Å². The fourth-order valence-electron chi connectivity index (χ4n) is 2.45. The Labute approximate surface area is 142 Å². The lowest BCUT2D eigenvalue weighted by molar-refractivity contribution is -0.132. The van der Waals surface area contributed by atoms with Gasteiger partial charge in [0.15, 0.2) is 11.3 Å². The van der Waals surface area contributed by atoms with Crippen LogP contribution in [0.15, 0.2) is 57.7 Å². The van der Waals surface area contributed by atoms with Gasteiger partial charge in [-0.2, -0.15) is 0 Å². The maximum atomic E-state index is 12.3. The fourth-order valence-corrected chi connectivity index (χ4v) is 2.45. The highest BCUT2D eigenvalue weighted by Crippen LogP contribution is 2.32. The predicted molar refractivity (Wildman–Crippen MR) is 90.5 cm³/mol. The molecule has 0 spiro atoms.